The van der Waals surface area contributed by atoms with Gasteiger partial charge in [-0.1, -0.05) is 19.4 Å². The van der Waals surface area contributed by atoms with Gasteiger partial charge in [-0.2, -0.15) is 0 Å². The van der Waals surface area contributed by atoms with Crippen LogP contribution in [0.5, 0.6) is 0 Å². The number of aliphatic carboxylic acids is 2. The van der Waals surface area contributed by atoms with Crippen molar-refractivity contribution < 1.29 is 34.5 Å². The maximum Gasteiger partial charge on any atom is 0.319 e. The number of ketones is 2. The van der Waals surface area contributed by atoms with Crippen molar-refractivity contribution in [2.24, 2.45) is 34.0 Å². The number of Topliss-reactive ketones (excluding diaryl/α,β-unsaturated/α-hetero) is 1. The van der Waals surface area contributed by atoms with Crippen LogP contribution in [0.25, 0.3) is 0 Å². The average molecular weight is 521 g/mol. The van der Waals surface area contributed by atoms with E-state index in [2.05, 4.69) is 13.8 Å². The smallest absolute Gasteiger partial charge is 0.319 e. The number of aliphatic hydroxyl groups is 1. The third-order valence-electron chi connectivity index (χ3n) is 10.7. The first kappa shape index (κ1) is 27.4. The molecule has 0 spiro atoms. The van der Waals surface area contributed by atoms with E-state index in [1.54, 1.807) is 0 Å². The first-order chi connectivity index (χ1) is 17.0. The molecular weight excluding hydrogens is 480 g/mol. The molecule has 0 aromatic carbocycles. The molecule has 0 aromatic rings. The van der Waals surface area contributed by atoms with Crippen molar-refractivity contribution in [2.45, 2.75) is 89.7 Å². The Balaban J connectivity index is 1.61. The lowest BCUT2D eigenvalue weighted by Crippen LogP contribution is -2.54. The number of aliphatic hydroxyl groups excluding tert-OH is 1. The summed E-state index contributed by atoms with van der Waals surface area (Å²) >= 11 is 0.983. The Morgan fingerprint density at radius 1 is 1.06 bits per heavy atom. The zero-order chi connectivity index (χ0) is 26.3. The summed E-state index contributed by atoms with van der Waals surface area (Å²) < 4.78 is 0. The van der Waals surface area contributed by atoms with Gasteiger partial charge in [0.15, 0.2) is 5.78 Å². The van der Waals surface area contributed by atoms with Crippen molar-refractivity contribution in [1.82, 2.24) is 0 Å². The van der Waals surface area contributed by atoms with Crippen LogP contribution in [-0.4, -0.2) is 56.4 Å². The van der Waals surface area contributed by atoms with Crippen LogP contribution < -0.4 is 0 Å². The standard InChI is InChI=1S/C28H40O7S/c1-26-11-7-18(30)14-17(26)5-6-19-20(26)8-12-27(2)21(19)9-13-28(27,10-3-4-24(32)33)23(31)16-36-22(15-29)25(34)35/h14,19-22,29H,3-13,15-16H2,1-2H3,(H,32,33)(H,34,35)/t19?,20?,21?,22?,26-,27-,28+/m0/s1. The van der Waals surface area contributed by atoms with Gasteiger partial charge in [0.25, 0.3) is 0 Å². The number of thioether (sulfide) groups is 1. The van der Waals surface area contributed by atoms with Crippen molar-refractivity contribution >= 4 is 35.3 Å². The van der Waals surface area contributed by atoms with E-state index in [9.17, 15) is 34.5 Å². The summed E-state index contributed by atoms with van der Waals surface area (Å²) in [7, 11) is 0. The molecular formula is C28H40O7S. The zero-order valence-electron chi connectivity index (χ0n) is 21.5. The normalized spacial score (nSPS) is 38.4. The van der Waals surface area contributed by atoms with Crippen LogP contribution in [0.2, 0.25) is 0 Å². The summed E-state index contributed by atoms with van der Waals surface area (Å²) in [5, 5.41) is 27.0. The van der Waals surface area contributed by atoms with Gasteiger partial charge in [0.05, 0.1) is 12.4 Å². The van der Waals surface area contributed by atoms with Gasteiger partial charge in [0, 0.05) is 18.3 Å². The van der Waals surface area contributed by atoms with Gasteiger partial charge >= 0.3 is 11.9 Å². The van der Waals surface area contributed by atoms with E-state index in [0.717, 1.165) is 50.3 Å². The van der Waals surface area contributed by atoms with Gasteiger partial charge in [-0.25, -0.2) is 0 Å². The van der Waals surface area contributed by atoms with Crippen molar-refractivity contribution in [1.29, 1.82) is 0 Å². The highest BCUT2D eigenvalue weighted by molar-refractivity contribution is 8.01. The zero-order valence-corrected chi connectivity index (χ0v) is 22.3. The molecule has 200 valence electrons. The molecule has 3 fully saturated rings. The van der Waals surface area contributed by atoms with E-state index in [1.807, 2.05) is 6.08 Å². The molecule has 8 heteroatoms. The Labute approximate surface area is 217 Å². The molecule has 0 bridgehead atoms. The van der Waals surface area contributed by atoms with Crippen LogP contribution >= 0.6 is 11.8 Å². The molecule has 0 radical (unpaired) electrons. The molecule has 4 aliphatic carbocycles. The number of hydrogen-bond donors (Lipinski definition) is 3. The van der Waals surface area contributed by atoms with Gasteiger partial charge in [-0.3, -0.25) is 19.2 Å². The molecule has 4 rings (SSSR count). The van der Waals surface area contributed by atoms with Gasteiger partial charge in [-0.15, -0.1) is 11.8 Å². The average Bonchev–Trinajstić information content (AvgIpc) is 3.12. The quantitative estimate of drug-likeness (QED) is 0.384. The highest BCUT2D eigenvalue weighted by Gasteiger charge is 2.65. The second-order valence-corrected chi connectivity index (χ2v) is 13.2. The third kappa shape index (κ3) is 4.46. The predicted molar refractivity (Wildman–Crippen MR) is 137 cm³/mol. The third-order valence-corrected chi connectivity index (χ3v) is 11.9. The number of allylic oxidation sites excluding steroid dienone is 1. The first-order valence-corrected chi connectivity index (χ1v) is 14.5. The van der Waals surface area contributed by atoms with Gasteiger partial charge in [0.1, 0.15) is 11.0 Å². The lowest BCUT2D eigenvalue weighted by Gasteiger charge is -2.60. The Morgan fingerprint density at radius 2 is 1.78 bits per heavy atom. The molecule has 3 N–H and O–H groups in total. The number of fused-ring (bicyclic) bond motifs is 5. The maximum absolute atomic E-state index is 13.9. The van der Waals surface area contributed by atoms with Gasteiger partial charge in [0.2, 0.25) is 0 Å². The number of carboxylic acid groups (broad SMARTS) is 2. The van der Waals surface area contributed by atoms with E-state index in [1.165, 1.54) is 5.57 Å². The fraction of sp³-hybridized carbons (Fsp3) is 0.786. The topological polar surface area (TPSA) is 129 Å². The molecule has 7 nitrogen and oxygen atoms in total. The minimum absolute atomic E-state index is 0.0175. The van der Waals surface area contributed by atoms with Crippen LogP contribution in [-0.2, 0) is 19.2 Å². The Hall–Kier alpha value is -1.67. The monoisotopic (exact) mass is 520 g/mol. The number of carboxylic acids is 2. The molecule has 0 amide bonds. The lowest BCUT2D eigenvalue weighted by atomic mass is 9.44. The second-order valence-electron chi connectivity index (χ2n) is 12.0. The van der Waals surface area contributed by atoms with E-state index in [0.29, 0.717) is 43.4 Å². The number of carbonyl (C=O) groups is 4. The number of carbonyl (C=O) groups excluding carboxylic acids is 2. The fourth-order valence-electron chi connectivity index (χ4n) is 8.76. The van der Waals surface area contributed by atoms with Crippen LogP contribution in [0.3, 0.4) is 0 Å². The Morgan fingerprint density at radius 3 is 2.44 bits per heavy atom. The van der Waals surface area contributed by atoms with Crippen molar-refractivity contribution in [3.05, 3.63) is 11.6 Å². The molecule has 0 saturated heterocycles. The summed E-state index contributed by atoms with van der Waals surface area (Å²) in [5.41, 5.74) is 0.432. The minimum Gasteiger partial charge on any atom is -0.481 e. The van der Waals surface area contributed by atoms with Crippen molar-refractivity contribution in [3.63, 3.8) is 0 Å². The predicted octanol–water partition coefficient (Wildman–Crippen LogP) is 4.51. The highest BCUT2D eigenvalue weighted by Crippen LogP contribution is 2.71. The Bertz CT molecular complexity index is 960. The molecule has 0 aromatic heterocycles. The lowest BCUT2D eigenvalue weighted by molar-refractivity contribution is -0.144. The highest BCUT2D eigenvalue weighted by atomic mass is 32.2. The van der Waals surface area contributed by atoms with Gasteiger partial charge < -0.3 is 15.3 Å². The minimum atomic E-state index is -1.13. The maximum atomic E-state index is 13.9. The molecule has 0 heterocycles. The molecule has 36 heavy (non-hydrogen) atoms. The van der Waals surface area contributed by atoms with E-state index in [4.69, 9.17) is 0 Å². The van der Waals surface area contributed by atoms with E-state index in [-0.39, 0.29) is 34.6 Å². The van der Waals surface area contributed by atoms with E-state index >= 15 is 0 Å². The summed E-state index contributed by atoms with van der Waals surface area (Å²) in [6.07, 6.45) is 9.85. The summed E-state index contributed by atoms with van der Waals surface area (Å²) in [6.45, 7) is 4.05. The largest absolute Gasteiger partial charge is 0.481 e. The molecule has 7 atom stereocenters. The summed E-state index contributed by atoms with van der Waals surface area (Å²) in [6, 6.07) is 0. The molecule has 0 aliphatic heterocycles. The van der Waals surface area contributed by atoms with Crippen LogP contribution in [0.1, 0.15) is 84.5 Å². The van der Waals surface area contributed by atoms with Gasteiger partial charge in [-0.05, 0) is 92.4 Å². The summed E-state index contributed by atoms with van der Waals surface area (Å²) in [5.74, 6) is -0.381. The Kier molecular flexibility index (Phi) is 7.78. The van der Waals surface area contributed by atoms with Crippen LogP contribution in [0.15, 0.2) is 11.6 Å². The van der Waals surface area contributed by atoms with Crippen LogP contribution in [0, 0.1) is 34.0 Å². The van der Waals surface area contributed by atoms with Crippen molar-refractivity contribution in [3.8, 4) is 0 Å². The summed E-state index contributed by atoms with van der Waals surface area (Å²) in [4.78, 5) is 48.8. The number of rotatable bonds is 10. The van der Waals surface area contributed by atoms with E-state index < -0.39 is 29.2 Å². The van der Waals surface area contributed by atoms with Crippen LogP contribution in [0.4, 0.5) is 0 Å². The fourth-order valence-corrected chi connectivity index (χ4v) is 9.64. The molecule has 4 unspecified atom stereocenters. The van der Waals surface area contributed by atoms with Crippen molar-refractivity contribution in [2.75, 3.05) is 12.4 Å². The molecule has 4 aliphatic rings. The first-order valence-electron chi connectivity index (χ1n) is 13.4. The number of hydrogen-bond acceptors (Lipinski definition) is 6. The SMILES string of the molecule is C[C@]12CCC(=O)C=C1CCC1C2CC[C@@]2(C)C1CC[C@]2(CCCC(=O)O)C(=O)CSC(CO)C(=O)O. The second kappa shape index (κ2) is 10.2. The molecule has 3 saturated carbocycles.